The van der Waals surface area contributed by atoms with Crippen molar-refractivity contribution >= 4 is 33.6 Å². The largest absolute Gasteiger partial charge is 0.379 e. The van der Waals surface area contributed by atoms with Gasteiger partial charge in [0, 0.05) is 32.3 Å². The van der Waals surface area contributed by atoms with E-state index in [2.05, 4.69) is 4.98 Å². The molecule has 0 aromatic carbocycles. The molecule has 3 rings (SSSR count). The van der Waals surface area contributed by atoms with Gasteiger partial charge < -0.3 is 4.74 Å². The van der Waals surface area contributed by atoms with Gasteiger partial charge in [-0.2, -0.15) is 4.31 Å². The number of hydrogen-bond donors (Lipinski definition) is 0. The zero-order chi connectivity index (χ0) is 17.9. The van der Waals surface area contributed by atoms with Gasteiger partial charge in [0.05, 0.1) is 24.0 Å². The molecule has 2 aliphatic rings. The summed E-state index contributed by atoms with van der Waals surface area (Å²) in [5.74, 6) is -0.265. The summed E-state index contributed by atoms with van der Waals surface area (Å²) < 4.78 is 31.5. The smallest absolute Gasteiger partial charge is 0.244 e. The van der Waals surface area contributed by atoms with Gasteiger partial charge in [0.25, 0.3) is 0 Å². The Labute approximate surface area is 150 Å². The van der Waals surface area contributed by atoms with Gasteiger partial charge in [-0.05, 0) is 18.6 Å². The Morgan fingerprint density at radius 2 is 2.00 bits per heavy atom. The van der Waals surface area contributed by atoms with Gasteiger partial charge in [-0.3, -0.25) is 14.5 Å². The molecule has 0 unspecified atom stereocenters. The van der Waals surface area contributed by atoms with Crippen molar-refractivity contribution in [1.82, 2.24) is 14.2 Å². The Hall–Kier alpha value is -1.49. The van der Waals surface area contributed by atoms with Gasteiger partial charge in [-0.15, -0.1) is 0 Å². The third-order valence-electron chi connectivity index (χ3n) is 4.04. The Kier molecular flexibility index (Phi) is 5.72. The number of aromatic nitrogens is 1. The summed E-state index contributed by atoms with van der Waals surface area (Å²) in [6, 6.07) is 3.07. The summed E-state index contributed by atoms with van der Waals surface area (Å²) in [7, 11) is -3.57. The van der Waals surface area contributed by atoms with Gasteiger partial charge in [0.1, 0.15) is 4.90 Å². The topological polar surface area (TPSA) is 96.9 Å². The molecule has 1 aromatic heterocycles. The van der Waals surface area contributed by atoms with Crippen molar-refractivity contribution in [1.29, 1.82) is 0 Å². The van der Waals surface area contributed by atoms with Gasteiger partial charge >= 0.3 is 0 Å². The SMILES string of the molecule is O=C1CCCN1C(=O)CSc1ccc(S(=O)(=O)N2CCOCC2)cn1. The standard InChI is InChI=1S/C15H19N3O5S2/c19-14-2-1-5-18(14)15(20)11-24-13-4-3-12(10-16-13)25(21,22)17-6-8-23-9-7-17/h3-4,10H,1-2,5-9,11H2. The molecule has 0 aliphatic carbocycles. The maximum Gasteiger partial charge on any atom is 0.244 e. The highest BCUT2D eigenvalue weighted by molar-refractivity contribution is 7.99. The highest BCUT2D eigenvalue weighted by atomic mass is 32.2. The molecule has 3 heterocycles. The summed E-state index contributed by atoms with van der Waals surface area (Å²) in [4.78, 5) is 29.1. The molecule has 2 saturated heterocycles. The van der Waals surface area contributed by atoms with E-state index in [9.17, 15) is 18.0 Å². The summed E-state index contributed by atoms with van der Waals surface area (Å²) in [5.41, 5.74) is 0. The predicted octanol–water partition coefficient (Wildman–Crippen LogP) is 0.344. The number of morpholine rings is 1. The van der Waals surface area contributed by atoms with Gasteiger partial charge in [-0.25, -0.2) is 13.4 Å². The quantitative estimate of drug-likeness (QED) is 0.675. The van der Waals surface area contributed by atoms with Gasteiger partial charge in [0.15, 0.2) is 0 Å². The number of sulfonamides is 1. The zero-order valence-corrected chi connectivity index (χ0v) is 15.2. The molecule has 2 fully saturated rings. The van der Waals surface area contributed by atoms with Crippen LogP contribution in [0, 0.1) is 0 Å². The summed E-state index contributed by atoms with van der Waals surface area (Å²) >= 11 is 1.19. The van der Waals surface area contributed by atoms with Gasteiger partial charge in [-0.1, -0.05) is 11.8 Å². The fourth-order valence-electron chi connectivity index (χ4n) is 2.67. The molecule has 25 heavy (non-hydrogen) atoms. The molecule has 2 amide bonds. The number of rotatable bonds is 5. The third kappa shape index (κ3) is 4.20. The molecule has 0 saturated carbocycles. The van der Waals surface area contributed by atoms with E-state index in [1.807, 2.05) is 0 Å². The highest BCUT2D eigenvalue weighted by Crippen LogP contribution is 2.21. The number of likely N-dealkylation sites (tertiary alicyclic amines) is 1. The van der Waals surface area contributed by atoms with Crippen LogP contribution in [0.5, 0.6) is 0 Å². The van der Waals surface area contributed by atoms with Crippen LogP contribution in [0.25, 0.3) is 0 Å². The van der Waals surface area contributed by atoms with E-state index in [1.54, 1.807) is 6.07 Å². The summed E-state index contributed by atoms with van der Waals surface area (Å²) in [6.07, 6.45) is 2.43. The number of hydrogen-bond acceptors (Lipinski definition) is 7. The van der Waals surface area contributed by atoms with E-state index in [0.717, 1.165) is 0 Å². The predicted molar refractivity (Wildman–Crippen MR) is 90.5 cm³/mol. The monoisotopic (exact) mass is 385 g/mol. The molecule has 136 valence electrons. The van der Waals surface area contributed by atoms with Crippen molar-refractivity contribution in [3.05, 3.63) is 18.3 Å². The average molecular weight is 385 g/mol. The highest BCUT2D eigenvalue weighted by Gasteiger charge is 2.27. The van der Waals surface area contributed by atoms with E-state index >= 15 is 0 Å². The maximum atomic E-state index is 12.5. The van der Waals surface area contributed by atoms with Crippen LogP contribution >= 0.6 is 11.8 Å². The Morgan fingerprint density at radius 3 is 2.60 bits per heavy atom. The van der Waals surface area contributed by atoms with Crippen molar-refractivity contribution in [3.63, 3.8) is 0 Å². The number of imide groups is 1. The first kappa shape index (κ1) is 18.3. The molecule has 10 heteroatoms. The maximum absolute atomic E-state index is 12.5. The molecular weight excluding hydrogens is 366 g/mol. The minimum Gasteiger partial charge on any atom is -0.379 e. The van der Waals surface area contributed by atoms with Crippen LogP contribution in [-0.2, 0) is 24.3 Å². The first-order valence-electron chi connectivity index (χ1n) is 7.98. The lowest BCUT2D eigenvalue weighted by Gasteiger charge is -2.25. The lowest BCUT2D eigenvalue weighted by molar-refractivity contribution is -0.140. The van der Waals surface area contributed by atoms with E-state index in [1.165, 1.54) is 33.2 Å². The van der Waals surface area contributed by atoms with Crippen molar-refractivity contribution < 1.29 is 22.7 Å². The van der Waals surface area contributed by atoms with Crippen LogP contribution in [0.15, 0.2) is 28.3 Å². The second kappa shape index (κ2) is 7.81. The van der Waals surface area contributed by atoms with Crippen LogP contribution in [0.2, 0.25) is 0 Å². The number of nitrogens with zero attached hydrogens (tertiary/aromatic N) is 3. The summed E-state index contributed by atoms with van der Waals surface area (Å²) in [6.45, 7) is 1.91. The lowest BCUT2D eigenvalue weighted by Crippen LogP contribution is -2.40. The lowest BCUT2D eigenvalue weighted by atomic mass is 10.4. The number of carbonyl (C=O) groups excluding carboxylic acids is 2. The first-order valence-corrected chi connectivity index (χ1v) is 10.4. The van der Waals surface area contributed by atoms with Crippen molar-refractivity contribution in [3.8, 4) is 0 Å². The van der Waals surface area contributed by atoms with Crippen LogP contribution in [0.4, 0.5) is 0 Å². The second-order valence-corrected chi connectivity index (χ2v) is 8.61. The van der Waals surface area contributed by atoms with E-state index < -0.39 is 10.0 Å². The minimum absolute atomic E-state index is 0.105. The molecular formula is C15H19N3O5S2. The average Bonchev–Trinajstić information content (AvgIpc) is 3.07. The molecule has 0 spiro atoms. The fourth-order valence-corrected chi connectivity index (χ4v) is 4.74. The third-order valence-corrected chi connectivity index (χ3v) is 6.85. The number of thioether (sulfide) groups is 1. The number of carbonyl (C=O) groups is 2. The van der Waals surface area contributed by atoms with Crippen molar-refractivity contribution in [2.24, 2.45) is 0 Å². The minimum atomic E-state index is -3.57. The number of ether oxygens (including phenoxy) is 1. The fraction of sp³-hybridized carbons (Fsp3) is 0.533. The van der Waals surface area contributed by atoms with Crippen LogP contribution < -0.4 is 0 Å². The molecule has 0 bridgehead atoms. The molecule has 0 radical (unpaired) electrons. The first-order chi connectivity index (χ1) is 12.0. The van der Waals surface area contributed by atoms with E-state index in [0.29, 0.717) is 50.7 Å². The zero-order valence-electron chi connectivity index (χ0n) is 13.6. The molecule has 8 nitrogen and oxygen atoms in total. The second-order valence-electron chi connectivity index (χ2n) is 5.68. The number of pyridine rings is 1. The molecule has 1 aromatic rings. The Morgan fingerprint density at radius 1 is 1.24 bits per heavy atom. The van der Waals surface area contributed by atoms with Gasteiger partial charge in [0.2, 0.25) is 21.8 Å². The van der Waals surface area contributed by atoms with E-state index in [4.69, 9.17) is 4.74 Å². The molecule has 0 N–H and O–H groups in total. The normalized spacial score (nSPS) is 19.4. The molecule has 2 aliphatic heterocycles. The molecule has 0 atom stereocenters. The van der Waals surface area contributed by atoms with Crippen LogP contribution in [-0.4, -0.2) is 73.0 Å². The van der Waals surface area contributed by atoms with Crippen molar-refractivity contribution in [2.75, 3.05) is 38.6 Å². The number of amides is 2. The van der Waals surface area contributed by atoms with Crippen molar-refractivity contribution in [2.45, 2.75) is 22.8 Å². The Balaban J connectivity index is 1.60. The van der Waals surface area contributed by atoms with E-state index in [-0.39, 0.29) is 22.5 Å². The van der Waals surface area contributed by atoms with Crippen LogP contribution in [0.3, 0.4) is 0 Å². The summed E-state index contributed by atoms with van der Waals surface area (Å²) in [5, 5.41) is 0.543. The van der Waals surface area contributed by atoms with Crippen LogP contribution in [0.1, 0.15) is 12.8 Å². The Bertz CT molecular complexity index is 745.